The first-order valence-corrected chi connectivity index (χ1v) is 11.8. The summed E-state index contributed by atoms with van der Waals surface area (Å²) in [7, 11) is -2.33. The number of hydrogen-bond acceptors (Lipinski definition) is 6. The smallest absolute Gasteiger partial charge is 0.408 e. The molecule has 0 aromatic heterocycles. The zero-order chi connectivity index (χ0) is 23.4. The van der Waals surface area contributed by atoms with E-state index in [2.05, 4.69) is 5.32 Å². The first-order valence-electron chi connectivity index (χ1n) is 10.1. The van der Waals surface area contributed by atoms with Crippen molar-refractivity contribution in [2.75, 3.05) is 12.9 Å². The molecule has 0 bridgehead atoms. The van der Waals surface area contributed by atoms with Crippen LogP contribution >= 0.6 is 0 Å². The largest absolute Gasteiger partial charge is 0.497 e. The normalized spacial score (nSPS) is 13.1. The van der Waals surface area contributed by atoms with E-state index in [9.17, 15) is 18.0 Å². The quantitative estimate of drug-likeness (QED) is 0.651. The Labute approximate surface area is 184 Å². The number of nitrogens with one attached hydrogen (secondary N) is 1. The lowest BCUT2D eigenvalue weighted by atomic mass is 10.0. The van der Waals surface area contributed by atoms with Gasteiger partial charge in [0.05, 0.1) is 18.0 Å². The molecule has 0 fully saturated rings. The van der Waals surface area contributed by atoms with Gasteiger partial charge < -0.3 is 14.8 Å². The lowest BCUT2D eigenvalue weighted by molar-refractivity contribution is -0.119. The maximum absolute atomic E-state index is 12.9. The van der Waals surface area contributed by atoms with Gasteiger partial charge >= 0.3 is 6.09 Å². The Kier molecular flexibility index (Phi) is 7.70. The second-order valence-corrected chi connectivity index (χ2v) is 10.9. The fourth-order valence-corrected chi connectivity index (χ4v) is 4.41. The van der Waals surface area contributed by atoms with Crippen molar-refractivity contribution in [1.82, 2.24) is 5.32 Å². The van der Waals surface area contributed by atoms with E-state index in [-0.39, 0.29) is 10.8 Å². The van der Waals surface area contributed by atoms with E-state index in [0.717, 1.165) is 10.8 Å². The van der Waals surface area contributed by atoms with E-state index in [4.69, 9.17) is 9.47 Å². The minimum Gasteiger partial charge on any atom is -0.497 e. The molecule has 1 N–H and O–H groups in total. The van der Waals surface area contributed by atoms with Crippen LogP contribution in [0.5, 0.6) is 5.75 Å². The van der Waals surface area contributed by atoms with Crippen molar-refractivity contribution in [2.24, 2.45) is 5.92 Å². The van der Waals surface area contributed by atoms with E-state index in [1.807, 2.05) is 13.8 Å². The SMILES string of the molecule is COc1ccc2cc(S(=O)(=O)CC(=O)[C@H](CC(C)C)NC(=O)OC(C)(C)C)ccc2c1. The summed E-state index contributed by atoms with van der Waals surface area (Å²) in [5.74, 6) is -0.540. The van der Waals surface area contributed by atoms with Crippen molar-refractivity contribution in [1.29, 1.82) is 0 Å². The molecule has 2 aromatic rings. The highest BCUT2D eigenvalue weighted by molar-refractivity contribution is 7.92. The number of ketones is 1. The van der Waals surface area contributed by atoms with E-state index in [0.29, 0.717) is 12.2 Å². The second kappa shape index (κ2) is 9.68. The van der Waals surface area contributed by atoms with Crippen molar-refractivity contribution in [3.8, 4) is 5.75 Å². The number of hydrogen-bond donors (Lipinski definition) is 1. The van der Waals surface area contributed by atoms with Gasteiger partial charge in [-0.15, -0.1) is 0 Å². The number of amides is 1. The van der Waals surface area contributed by atoms with Gasteiger partial charge in [-0.3, -0.25) is 4.79 Å². The highest BCUT2D eigenvalue weighted by Gasteiger charge is 2.29. The molecule has 0 aliphatic heterocycles. The number of sulfone groups is 1. The maximum atomic E-state index is 12.9. The number of carbonyl (C=O) groups excluding carboxylic acids is 2. The van der Waals surface area contributed by atoms with Crippen LogP contribution in [-0.4, -0.2) is 44.8 Å². The molecule has 0 aliphatic rings. The van der Waals surface area contributed by atoms with Crippen LogP contribution in [0.3, 0.4) is 0 Å². The van der Waals surface area contributed by atoms with Crippen molar-refractivity contribution in [3.05, 3.63) is 36.4 Å². The summed E-state index contributed by atoms with van der Waals surface area (Å²) >= 11 is 0. The molecule has 170 valence electrons. The molecule has 0 saturated heterocycles. The molecule has 7 nitrogen and oxygen atoms in total. The Morgan fingerprint density at radius 2 is 1.65 bits per heavy atom. The van der Waals surface area contributed by atoms with Crippen LogP contribution in [0.25, 0.3) is 10.8 Å². The molecule has 1 amide bonds. The predicted molar refractivity (Wildman–Crippen MR) is 120 cm³/mol. The fraction of sp³-hybridized carbons (Fsp3) is 0.478. The third-order valence-electron chi connectivity index (χ3n) is 4.50. The average molecular weight is 450 g/mol. The molecule has 2 rings (SSSR count). The molecule has 1 atom stereocenters. The molecule has 0 aliphatic carbocycles. The average Bonchev–Trinajstić information content (AvgIpc) is 2.64. The fourth-order valence-electron chi connectivity index (χ4n) is 3.09. The predicted octanol–water partition coefficient (Wildman–Crippen LogP) is 4.13. The van der Waals surface area contributed by atoms with E-state index < -0.39 is 39.1 Å². The summed E-state index contributed by atoms with van der Waals surface area (Å²) in [6, 6.07) is 9.06. The standard InChI is InChI=1S/C23H31NO6S/c1-15(2)11-20(24-22(26)30-23(3,4)5)21(25)14-31(27,28)19-10-8-16-12-18(29-6)9-7-17(16)13-19/h7-10,12-13,15,20H,11,14H2,1-6H3,(H,24,26)/t20-/m0/s1. The zero-order valence-electron chi connectivity index (χ0n) is 18.9. The summed E-state index contributed by atoms with van der Waals surface area (Å²) in [6.45, 7) is 8.93. The monoisotopic (exact) mass is 449 g/mol. The highest BCUT2D eigenvalue weighted by Crippen LogP contribution is 2.24. The number of ether oxygens (including phenoxy) is 2. The molecule has 0 heterocycles. The molecule has 0 unspecified atom stereocenters. The van der Waals surface area contributed by atoms with Crippen LogP contribution in [0.1, 0.15) is 41.0 Å². The van der Waals surface area contributed by atoms with Gasteiger partial charge in [0, 0.05) is 0 Å². The van der Waals surface area contributed by atoms with Crippen LogP contribution in [0.4, 0.5) is 4.79 Å². The lowest BCUT2D eigenvalue weighted by Crippen LogP contribution is -2.46. The van der Waals surface area contributed by atoms with Gasteiger partial charge in [-0.25, -0.2) is 13.2 Å². The number of benzene rings is 2. The van der Waals surface area contributed by atoms with Crippen LogP contribution in [0.2, 0.25) is 0 Å². The Morgan fingerprint density at radius 1 is 1.03 bits per heavy atom. The van der Waals surface area contributed by atoms with Crippen LogP contribution < -0.4 is 10.1 Å². The number of carbonyl (C=O) groups is 2. The van der Waals surface area contributed by atoms with Gasteiger partial charge in [0.15, 0.2) is 15.6 Å². The number of rotatable bonds is 8. The minimum absolute atomic E-state index is 0.0547. The second-order valence-electron chi connectivity index (χ2n) is 8.93. The highest BCUT2D eigenvalue weighted by atomic mass is 32.2. The number of alkyl carbamates (subject to hydrolysis) is 1. The van der Waals surface area contributed by atoms with Crippen molar-refractivity contribution >= 4 is 32.5 Å². The first-order chi connectivity index (χ1) is 14.3. The minimum atomic E-state index is -3.89. The summed E-state index contributed by atoms with van der Waals surface area (Å²) in [5.41, 5.74) is -0.727. The van der Waals surface area contributed by atoms with Crippen molar-refractivity contribution in [2.45, 2.75) is 57.6 Å². The van der Waals surface area contributed by atoms with Gasteiger partial charge in [0.25, 0.3) is 0 Å². The van der Waals surface area contributed by atoms with Gasteiger partial charge in [-0.2, -0.15) is 0 Å². The molecule has 2 aromatic carbocycles. The molecule has 8 heteroatoms. The number of Topliss-reactive ketones (excluding diaryl/α,β-unsaturated/α-hetero) is 1. The summed E-state index contributed by atoms with van der Waals surface area (Å²) in [5, 5.41) is 4.08. The maximum Gasteiger partial charge on any atom is 0.408 e. The lowest BCUT2D eigenvalue weighted by Gasteiger charge is -2.24. The third kappa shape index (κ3) is 7.24. The van der Waals surface area contributed by atoms with Crippen LogP contribution in [0.15, 0.2) is 41.3 Å². The van der Waals surface area contributed by atoms with Gasteiger partial charge in [0.1, 0.15) is 17.1 Å². The number of fused-ring (bicyclic) bond motifs is 1. The molecule has 0 saturated carbocycles. The summed E-state index contributed by atoms with van der Waals surface area (Å²) < 4.78 is 36.3. The van der Waals surface area contributed by atoms with E-state index >= 15 is 0 Å². The van der Waals surface area contributed by atoms with Crippen LogP contribution in [-0.2, 0) is 19.4 Å². The van der Waals surface area contributed by atoms with Crippen molar-refractivity contribution in [3.63, 3.8) is 0 Å². The summed E-state index contributed by atoms with van der Waals surface area (Å²) in [6.07, 6.45) is -0.436. The number of methoxy groups -OCH3 is 1. The Bertz CT molecular complexity index is 1050. The third-order valence-corrected chi connectivity index (χ3v) is 6.13. The Morgan fingerprint density at radius 3 is 2.23 bits per heavy atom. The van der Waals surface area contributed by atoms with E-state index in [1.165, 1.54) is 12.1 Å². The Balaban J connectivity index is 2.22. The first kappa shape index (κ1) is 24.7. The topological polar surface area (TPSA) is 98.8 Å². The molecular weight excluding hydrogens is 418 g/mol. The van der Waals surface area contributed by atoms with Gasteiger partial charge in [-0.1, -0.05) is 26.0 Å². The summed E-state index contributed by atoms with van der Waals surface area (Å²) in [4.78, 5) is 25.0. The molecular formula is C23H31NO6S. The molecule has 0 radical (unpaired) electrons. The van der Waals surface area contributed by atoms with Crippen molar-refractivity contribution < 1.29 is 27.5 Å². The van der Waals surface area contributed by atoms with Gasteiger partial charge in [-0.05, 0) is 68.1 Å². The zero-order valence-corrected chi connectivity index (χ0v) is 19.7. The van der Waals surface area contributed by atoms with E-state index in [1.54, 1.807) is 52.1 Å². The Hall–Kier alpha value is -2.61. The van der Waals surface area contributed by atoms with Crippen LogP contribution in [0, 0.1) is 5.92 Å². The van der Waals surface area contributed by atoms with Gasteiger partial charge in [0.2, 0.25) is 0 Å². The molecule has 31 heavy (non-hydrogen) atoms. The molecule has 0 spiro atoms.